The largest absolute Gasteiger partial charge is 0.495 e. The van der Waals surface area contributed by atoms with Gasteiger partial charge in [-0.05, 0) is 31.9 Å². The van der Waals surface area contributed by atoms with Gasteiger partial charge < -0.3 is 15.0 Å². The summed E-state index contributed by atoms with van der Waals surface area (Å²) in [4.78, 5) is 11.2. The molecule has 2 aromatic rings. The van der Waals surface area contributed by atoms with Crippen molar-refractivity contribution in [2.45, 2.75) is 24.7 Å². The Labute approximate surface area is 160 Å². The third-order valence-corrected chi connectivity index (χ3v) is 5.84. The van der Waals surface area contributed by atoms with E-state index < -0.39 is 10.0 Å². The van der Waals surface area contributed by atoms with Gasteiger partial charge in [-0.1, -0.05) is 12.1 Å². The molecule has 2 heterocycles. The van der Waals surface area contributed by atoms with E-state index in [9.17, 15) is 8.42 Å². The monoisotopic (exact) mass is 391 g/mol. The molecule has 1 fully saturated rings. The third-order valence-electron chi connectivity index (χ3n) is 4.34. The van der Waals surface area contributed by atoms with Crippen molar-refractivity contribution in [1.29, 1.82) is 0 Å². The number of nitrogens with one attached hydrogen (secondary N) is 2. The molecule has 0 radical (unpaired) electrons. The highest BCUT2D eigenvalue weighted by Crippen LogP contribution is 2.22. The van der Waals surface area contributed by atoms with Gasteiger partial charge in [0.1, 0.15) is 28.1 Å². The lowest BCUT2D eigenvalue weighted by atomic mass is 10.3. The molecular formula is C18H25N5O3S. The van der Waals surface area contributed by atoms with Crippen LogP contribution in [0.2, 0.25) is 0 Å². The number of nitrogens with zero attached hydrogens (tertiary/aromatic N) is 3. The van der Waals surface area contributed by atoms with Crippen molar-refractivity contribution in [1.82, 2.24) is 14.7 Å². The van der Waals surface area contributed by atoms with E-state index in [1.165, 1.54) is 26.0 Å². The van der Waals surface area contributed by atoms with Gasteiger partial charge >= 0.3 is 0 Å². The van der Waals surface area contributed by atoms with E-state index in [0.29, 0.717) is 23.9 Å². The summed E-state index contributed by atoms with van der Waals surface area (Å²) in [6, 6.07) is 8.45. The summed E-state index contributed by atoms with van der Waals surface area (Å²) in [5.74, 6) is 2.62. The first-order valence-corrected chi connectivity index (χ1v) is 10.4. The first kappa shape index (κ1) is 19.4. The lowest BCUT2D eigenvalue weighted by molar-refractivity contribution is 0.402. The van der Waals surface area contributed by atoms with Crippen LogP contribution in [-0.2, 0) is 10.0 Å². The minimum atomic E-state index is -3.64. The molecule has 0 saturated carbocycles. The standard InChI is InChI=1S/C18H25N5O3S/c1-14-21-17(13-18(22-14)23-11-5-6-12-23)19-9-10-20-27(24,25)16-8-4-3-7-15(16)26-2/h3-4,7-8,13,20H,5-6,9-12H2,1-2H3,(H,19,21,22). The molecule has 1 aliphatic heterocycles. The zero-order valence-corrected chi connectivity index (χ0v) is 16.4. The maximum atomic E-state index is 12.5. The second-order valence-electron chi connectivity index (χ2n) is 6.33. The minimum Gasteiger partial charge on any atom is -0.495 e. The number of hydrogen-bond acceptors (Lipinski definition) is 7. The summed E-state index contributed by atoms with van der Waals surface area (Å²) >= 11 is 0. The van der Waals surface area contributed by atoms with E-state index in [1.54, 1.807) is 18.2 Å². The molecule has 0 bridgehead atoms. The molecule has 8 nitrogen and oxygen atoms in total. The number of anilines is 2. The van der Waals surface area contributed by atoms with Gasteiger partial charge in [-0.15, -0.1) is 0 Å². The van der Waals surface area contributed by atoms with Crippen LogP contribution in [0, 0.1) is 6.92 Å². The summed E-state index contributed by atoms with van der Waals surface area (Å²) in [6.45, 7) is 4.51. The van der Waals surface area contributed by atoms with Crippen LogP contribution in [0.5, 0.6) is 5.75 Å². The molecule has 1 aromatic heterocycles. The number of hydrogen-bond donors (Lipinski definition) is 2. The maximum Gasteiger partial charge on any atom is 0.244 e. The first-order valence-electron chi connectivity index (χ1n) is 8.97. The molecule has 1 aromatic carbocycles. The summed E-state index contributed by atoms with van der Waals surface area (Å²) in [6.07, 6.45) is 2.35. The van der Waals surface area contributed by atoms with Crippen LogP contribution in [0.4, 0.5) is 11.6 Å². The number of para-hydroxylation sites is 1. The predicted octanol–water partition coefficient (Wildman–Crippen LogP) is 1.78. The lowest BCUT2D eigenvalue weighted by Crippen LogP contribution is -2.29. The van der Waals surface area contributed by atoms with Gasteiger partial charge in [0, 0.05) is 32.2 Å². The molecule has 9 heteroatoms. The van der Waals surface area contributed by atoms with Crippen molar-refractivity contribution in [3.8, 4) is 5.75 Å². The number of aryl methyl sites for hydroxylation is 1. The number of methoxy groups -OCH3 is 1. The summed E-state index contributed by atoms with van der Waals surface area (Å²) in [7, 11) is -2.19. The van der Waals surface area contributed by atoms with Crippen molar-refractivity contribution in [3.63, 3.8) is 0 Å². The van der Waals surface area contributed by atoms with Crippen LogP contribution >= 0.6 is 0 Å². The highest BCUT2D eigenvalue weighted by atomic mass is 32.2. The van der Waals surface area contributed by atoms with Gasteiger partial charge in [0.05, 0.1) is 7.11 Å². The Morgan fingerprint density at radius 1 is 1.15 bits per heavy atom. The van der Waals surface area contributed by atoms with Crippen molar-refractivity contribution >= 4 is 21.7 Å². The molecule has 27 heavy (non-hydrogen) atoms. The Balaban J connectivity index is 1.58. The van der Waals surface area contributed by atoms with Crippen LogP contribution < -0.4 is 19.7 Å². The summed E-state index contributed by atoms with van der Waals surface area (Å²) in [5, 5.41) is 3.17. The van der Waals surface area contributed by atoms with Gasteiger partial charge in [-0.3, -0.25) is 0 Å². The van der Waals surface area contributed by atoms with E-state index in [-0.39, 0.29) is 11.4 Å². The van der Waals surface area contributed by atoms with E-state index in [1.807, 2.05) is 13.0 Å². The number of sulfonamides is 1. The fourth-order valence-electron chi connectivity index (χ4n) is 3.05. The third kappa shape index (κ3) is 4.86. The topological polar surface area (TPSA) is 96.5 Å². The normalized spacial score (nSPS) is 14.4. The van der Waals surface area contributed by atoms with Crippen LogP contribution in [0.25, 0.3) is 0 Å². The van der Waals surface area contributed by atoms with Crippen LogP contribution in [-0.4, -0.2) is 51.7 Å². The van der Waals surface area contributed by atoms with Crippen molar-refractivity contribution in [3.05, 3.63) is 36.2 Å². The fourth-order valence-corrected chi connectivity index (χ4v) is 4.25. The number of aromatic nitrogens is 2. The van der Waals surface area contributed by atoms with E-state index in [0.717, 1.165) is 18.9 Å². The number of ether oxygens (including phenoxy) is 1. The second kappa shape index (κ2) is 8.53. The SMILES string of the molecule is COc1ccccc1S(=O)(=O)NCCNc1cc(N2CCCC2)nc(C)n1. The molecule has 0 unspecified atom stereocenters. The number of rotatable bonds is 8. The molecule has 0 amide bonds. The molecule has 0 atom stereocenters. The molecule has 146 valence electrons. The quantitative estimate of drug-likeness (QED) is 0.662. The molecule has 1 saturated heterocycles. The van der Waals surface area contributed by atoms with Gasteiger partial charge in [0.15, 0.2) is 0 Å². The fraction of sp³-hybridized carbons (Fsp3) is 0.444. The highest BCUT2D eigenvalue weighted by Gasteiger charge is 2.18. The van der Waals surface area contributed by atoms with Gasteiger partial charge in [-0.2, -0.15) is 0 Å². The molecule has 0 aliphatic carbocycles. The Hall–Kier alpha value is -2.39. The first-order chi connectivity index (χ1) is 13.0. The van der Waals surface area contributed by atoms with Crippen molar-refractivity contribution < 1.29 is 13.2 Å². The Morgan fingerprint density at radius 2 is 1.89 bits per heavy atom. The van der Waals surface area contributed by atoms with Gasteiger partial charge in [0.2, 0.25) is 10.0 Å². The minimum absolute atomic E-state index is 0.127. The second-order valence-corrected chi connectivity index (χ2v) is 8.06. The zero-order chi connectivity index (χ0) is 19.3. The van der Waals surface area contributed by atoms with E-state index in [2.05, 4.69) is 24.9 Å². The smallest absolute Gasteiger partial charge is 0.244 e. The van der Waals surface area contributed by atoms with Crippen LogP contribution in [0.15, 0.2) is 35.2 Å². The molecule has 3 rings (SSSR count). The van der Waals surface area contributed by atoms with E-state index >= 15 is 0 Å². The summed E-state index contributed by atoms with van der Waals surface area (Å²) < 4.78 is 32.6. The zero-order valence-electron chi connectivity index (χ0n) is 15.6. The predicted molar refractivity (Wildman–Crippen MR) is 105 cm³/mol. The Bertz CT molecular complexity index is 882. The number of benzene rings is 1. The van der Waals surface area contributed by atoms with Gasteiger partial charge in [0.25, 0.3) is 0 Å². The summed E-state index contributed by atoms with van der Waals surface area (Å²) in [5.41, 5.74) is 0. The van der Waals surface area contributed by atoms with Crippen molar-refractivity contribution in [2.75, 3.05) is 43.5 Å². The van der Waals surface area contributed by atoms with Crippen molar-refractivity contribution in [2.24, 2.45) is 0 Å². The molecular weight excluding hydrogens is 366 g/mol. The highest BCUT2D eigenvalue weighted by molar-refractivity contribution is 7.89. The van der Waals surface area contributed by atoms with E-state index in [4.69, 9.17) is 4.74 Å². The van der Waals surface area contributed by atoms with Crippen LogP contribution in [0.1, 0.15) is 18.7 Å². The lowest BCUT2D eigenvalue weighted by Gasteiger charge is -2.18. The molecule has 0 spiro atoms. The van der Waals surface area contributed by atoms with Gasteiger partial charge in [-0.25, -0.2) is 23.1 Å². The Kier molecular flexibility index (Phi) is 6.12. The van der Waals surface area contributed by atoms with Crippen LogP contribution in [0.3, 0.4) is 0 Å². The Morgan fingerprint density at radius 3 is 2.63 bits per heavy atom. The molecule has 2 N–H and O–H groups in total. The average Bonchev–Trinajstić information content (AvgIpc) is 3.20. The molecule has 1 aliphatic rings. The maximum absolute atomic E-state index is 12.5. The average molecular weight is 391 g/mol.